The molecule has 65 heavy (non-hydrogen) atoms. The quantitative estimate of drug-likeness (QED) is 0.162. The normalized spacial score (nSPS) is 16.2. The van der Waals surface area contributed by atoms with E-state index in [1.54, 1.807) is 0 Å². The fourth-order valence-electron chi connectivity index (χ4n) is 11.8. The number of rotatable bonds is 2. The topological polar surface area (TPSA) is 34.2 Å². The molecule has 320 valence electrons. The Morgan fingerprint density at radius 2 is 1.34 bits per heavy atom. The Morgan fingerprint density at radius 3 is 2.06 bits per heavy atom. The summed E-state index contributed by atoms with van der Waals surface area (Å²) >= 11 is 1.97. The maximum absolute atomic E-state index is 6.78. The highest BCUT2D eigenvalue weighted by Crippen LogP contribution is 2.55. The molecule has 3 aliphatic rings. The van der Waals surface area contributed by atoms with E-state index in [4.69, 9.17) is 9.40 Å². The molecule has 0 N–H and O–H groups in total. The zero-order valence-electron chi connectivity index (χ0n) is 39.2. The van der Waals surface area contributed by atoms with Crippen molar-refractivity contribution in [2.24, 2.45) is 0 Å². The number of oxazole rings is 1. The SMILES string of the molecule is CC(C)(C)c1ccc(N2B3c4cc5nc(-c6ccccc6)oc5cc4-n4c5cc6c(cc5c5c7sc8ccccc8c7c(c3c54)-c3cc(C(C)(C)C)ccc32)C(C)(C)CCC6(C)C)cc1. The van der Waals surface area contributed by atoms with Crippen LogP contribution in [0.1, 0.15) is 104 Å². The number of aromatic nitrogens is 2. The second-order valence-corrected chi connectivity index (χ2v) is 23.7. The molecule has 7 aromatic carbocycles. The standard InChI is InChI=1S/C59H54BN3OS/c1-56(2,3)34-20-23-36(24-21-34)63-44-25-22-35(57(4,5)6)28-38(44)49-50-37-18-14-15-19-48(37)65-54(50)51-39-29-40-41(59(9,10)27-26-58(40,7)8)30-45(39)62-46-32-47-43(31-42(46)60(63)52(49)53(51)62)61-55(64-47)33-16-12-11-13-17-33/h11-25,28-32H,26-27H2,1-10H3. The summed E-state index contributed by atoms with van der Waals surface area (Å²) in [4.78, 5) is 7.92. The molecular weight excluding hydrogens is 810 g/mol. The van der Waals surface area contributed by atoms with E-state index in [1.807, 2.05) is 17.4 Å². The van der Waals surface area contributed by atoms with Crippen LogP contribution in [-0.2, 0) is 21.7 Å². The molecule has 13 rings (SSSR count). The first-order chi connectivity index (χ1) is 31.0. The molecule has 0 unspecified atom stereocenters. The van der Waals surface area contributed by atoms with Gasteiger partial charge >= 0.3 is 6.85 Å². The number of benzene rings is 7. The van der Waals surface area contributed by atoms with Crippen LogP contribution in [0.3, 0.4) is 0 Å². The molecule has 10 aromatic rings. The molecule has 0 saturated heterocycles. The minimum absolute atomic E-state index is 0.0278. The van der Waals surface area contributed by atoms with Gasteiger partial charge in [0.15, 0.2) is 5.58 Å². The van der Waals surface area contributed by atoms with Gasteiger partial charge in [-0.3, -0.25) is 0 Å². The van der Waals surface area contributed by atoms with E-state index in [0.29, 0.717) is 5.89 Å². The average molecular weight is 864 g/mol. The molecule has 0 bridgehead atoms. The lowest BCUT2D eigenvalue weighted by atomic mass is 9.43. The van der Waals surface area contributed by atoms with Crippen LogP contribution in [-0.4, -0.2) is 16.4 Å². The van der Waals surface area contributed by atoms with Crippen molar-refractivity contribution in [1.82, 2.24) is 9.55 Å². The van der Waals surface area contributed by atoms with Gasteiger partial charge in [-0.25, -0.2) is 4.98 Å². The Kier molecular flexibility index (Phi) is 7.75. The molecule has 2 aliphatic heterocycles. The lowest BCUT2D eigenvalue weighted by Crippen LogP contribution is -2.60. The third-order valence-corrected chi connectivity index (χ3v) is 16.8. The first-order valence-electron chi connectivity index (χ1n) is 23.5. The minimum Gasteiger partial charge on any atom is -0.436 e. The van der Waals surface area contributed by atoms with Gasteiger partial charge in [0.05, 0.1) is 11.0 Å². The summed E-state index contributed by atoms with van der Waals surface area (Å²) < 4.78 is 12.1. The second kappa shape index (κ2) is 12.8. The van der Waals surface area contributed by atoms with Crippen molar-refractivity contribution < 1.29 is 4.42 Å². The Labute approximate surface area is 386 Å². The summed E-state index contributed by atoms with van der Waals surface area (Å²) in [6.45, 7) is 23.6. The van der Waals surface area contributed by atoms with Gasteiger partial charge in [0.2, 0.25) is 5.89 Å². The zero-order chi connectivity index (χ0) is 44.7. The molecule has 4 nitrogen and oxygen atoms in total. The summed E-state index contributed by atoms with van der Waals surface area (Å²) in [7, 11) is 0. The van der Waals surface area contributed by atoms with E-state index in [1.165, 1.54) is 104 Å². The number of fused-ring (bicyclic) bond motifs is 15. The van der Waals surface area contributed by atoms with Crippen LogP contribution in [0.4, 0.5) is 11.4 Å². The second-order valence-electron chi connectivity index (χ2n) is 22.6. The number of thiophene rings is 1. The zero-order valence-corrected chi connectivity index (χ0v) is 40.0. The van der Waals surface area contributed by atoms with Crippen molar-refractivity contribution >= 4 is 93.6 Å². The third-order valence-electron chi connectivity index (χ3n) is 15.6. The molecule has 1 aliphatic carbocycles. The van der Waals surface area contributed by atoms with E-state index >= 15 is 0 Å². The van der Waals surface area contributed by atoms with Crippen molar-refractivity contribution in [1.29, 1.82) is 0 Å². The van der Waals surface area contributed by atoms with E-state index in [-0.39, 0.29) is 28.5 Å². The van der Waals surface area contributed by atoms with Crippen LogP contribution >= 0.6 is 11.3 Å². The molecular formula is C59H54BN3OS. The molecule has 3 aromatic heterocycles. The Bertz CT molecular complexity index is 3680. The van der Waals surface area contributed by atoms with E-state index in [9.17, 15) is 0 Å². The van der Waals surface area contributed by atoms with Crippen LogP contribution in [0.2, 0.25) is 0 Å². The molecule has 5 heterocycles. The molecule has 6 heteroatoms. The summed E-state index contributed by atoms with van der Waals surface area (Å²) in [5.74, 6) is 0.645. The van der Waals surface area contributed by atoms with Crippen molar-refractivity contribution in [2.75, 3.05) is 4.81 Å². The third kappa shape index (κ3) is 5.41. The Balaban J connectivity index is 1.26. The van der Waals surface area contributed by atoms with Crippen molar-refractivity contribution in [3.05, 3.63) is 144 Å². The summed E-state index contributed by atoms with van der Waals surface area (Å²) in [6.07, 6.45) is 2.32. The van der Waals surface area contributed by atoms with Crippen LogP contribution in [0.5, 0.6) is 0 Å². The molecule has 0 saturated carbocycles. The summed E-state index contributed by atoms with van der Waals surface area (Å²) in [6, 6.07) is 46.2. The highest BCUT2D eigenvalue weighted by atomic mass is 32.1. The van der Waals surface area contributed by atoms with Crippen LogP contribution in [0.25, 0.3) is 81.3 Å². The fourth-order valence-corrected chi connectivity index (χ4v) is 13.1. The van der Waals surface area contributed by atoms with Crippen molar-refractivity contribution in [3.63, 3.8) is 0 Å². The Hall–Kier alpha value is -6.11. The highest BCUT2D eigenvalue weighted by molar-refractivity contribution is 7.27. The maximum atomic E-state index is 6.78. The van der Waals surface area contributed by atoms with E-state index in [2.05, 4.69) is 194 Å². The summed E-state index contributed by atoms with van der Waals surface area (Å²) in [5, 5.41) is 5.42. The van der Waals surface area contributed by atoms with Gasteiger partial charge in [-0.15, -0.1) is 11.3 Å². The van der Waals surface area contributed by atoms with E-state index < -0.39 is 0 Å². The lowest BCUT2D eigenvalue weighted by Gasteiger charge is -2.43. The molecule has 0 amide bonds. The average Bonchev–Trinajstić information content (AvgIpc) is 3.98. The largest absolute Gasteiger partial charge is 0.436 e. The highest BCUT2D eigenvalue weighted by Gasteiger charge is 2.47. The van der Waals surface area contributed by atoms with Gasteiger partial charge in [-0.2, -0.15) is 0 Å². The van der Waals surface area contributed by atoms with Crippen LogP contribution in [0.15, 0.2) is 126 Å². The maximum Gasteiger partial charge on any atom is 0.333 e. The number of hydrogen-bond acceptors (Lipinski definition) is 4. The Morgan fingerprint density at radius 1 is 0.662 bits per heavy atom. The molecule has 0 spiro atoms. The molecule has 0 radical (unpaired) electrons. The van der Waals surface area contributed by atoms with E-state index in [0.717, 1.165) is 28.8 Å². The van der Waals surface area contributed by atoms with Gasteiger partial charge in [0, 0.05) is 65.2 Å². The van der Waals surface area contributed by atoms with Crippen molar-refractivity contribution in [2.45, 2.75) is 104 Å². The molecule has 0 atom stereocenters. The first-order valence-corrected chi connectivity index (χ1v) is 24.3. The molecule has 0 fully saturated rings. The number of anilines is 2. The lowest BCUT2D eigenvalue weighted by molar-refractivity contribution is 0.332. The van der Waals surface area contributed by atoms with Crippen LogP contribution in [0, 0.1) is 0 Å². The van der Waals surface area contributed by atoms with Crippen LogP contribution < -0.4 is 15.7 Å². The number of nitrogens with zero attached hydrogens (tertiary/aromatic N) is 3. The minimum atomic E-state index is -0.153. The predicted octanol–water partition coefficient (Wildman–Crippen LogP) is 15.1. The smallest absolute Gasteiger partial charge is 0.333 e. The van der Waals surface area contributed by atoms with Gasteiger partial charge in [-0.05, 0) is 134 Å². The van der Waals surface area contributed by atoms with Crippen molar-refractivity contribution in [3.8, 4) is 28.3 Å². The first kappa shape index (κ1) is 39.3. The predicted molar refractivity (Wildman–Crippen MR) is 278 cm³/mol. The number of hydrogen-bond donors (Lipinski definition) is 0. The van der Waals surface area contributed by atoms with Gasteiger partial charge in [0.25, 0.3) is 0 Å². The van der Waals surface area contributed by atoms with Gasteiger partial charge < -0.3 is 13.8 Å². The van der Waals surface area contributed by atoms with Gasteiger partial charge in [-0.1, -0.05) is 124 Å². The fraction of sp³-hybridized carbons (Fsp3) is 0.271. The van der Waals surface area contributed by atoms with Gasteiger partial charge in [0.1, 0.15) is 5.52 Å². The monoisotopic (exact) mass is 863 g/mol. The summed E-state index contributed by atoms with van der Waals surface area (Å²) in [5.41, 5.74) is 19.8.